The maximum atomic E-state index is 12.2. The van der Waals surface area contributed by atoms with E-state index < -0.39 is 27.3 Å². The van der Waals surface area contributed by atoms with E-state index in [1.54, 1.807) is 0 Å². The highest BCUT2D eigenvalue weighted by molar-refractivity contribution is 9.10. The van der Waals surface area contributed by atoms with Gasteiger partial charge in [-0.15, -0.1) is 0 Å². The Morgan fingerprint density at radius 3 is 2.62 bits per heavy atom. The predicted octanol–water partition coefficient (Wildman–Crippen LogP) is 2.05. The lowest BCUT2D eigenvalue weighted by Crippen LogP contribution is -2.14. The molecule has 0 fully saturated rings. The minimum Gasteiger partial charge on any atom is -0.507 e. The number of carbonyl (C=O) groups is 1. The molecular weight excluding hydrogens is 364 g/mol. The van der Waals surface area contributed by atoms with Crippen molar-refractivity contribution in [3.8, 4) is 5.75 Å². The van der Waals surface area contributed by atoms with Crippen LogP contribution in [0.3, 0.4) is 0 Å². The van der Waals surface area contributed by atoms with E-state index in [0.717, 1.165) is 18.2 Å². The first-order valence-electron chi connectivity index (χ1n) is 5.50. The SMILES string of the molecule is O=C(O)c1cc(S(=O)(=O)Nc2ccncc2Br)ccc1O. The number of pyridine rings is 1. The molecule has 1 heterocycles. The van der Waals surface area contributed by atoms with Gasteiger partial charge in [-0.2, -0.15) is 0 Å². The second kappa shape index (κ2) is 5.70. The van der Waals surface area contributed by atoms with Gasteiger partial charge in [-0.1, -0.05) is 0 Å². The molecule has 1 aromatic heterocycles. The number of hydrogen-bond acceptors (Lipinski definition) is 5. The van der Waals surface area contributed by atoms with Crippen LogP contribution in [0.4, 0.5) is 5.69 Å². The molecule has 1 aromatic carbocycles. The van der Waals surface area contributed by atoms with E-state index in [0.29, 0.717) is 4.47 Å². The second-order valence-corrected chi connectivity index (χ2v) is 6.48. The van der Waals surface area contributed by atoms with Crippen LogP contribution < -0.4 is 4.72 Å². The molecule has 0 aliphatic heterocycles. The number of nitrogens with one attached hydrogen (secondary N) is 1. The fraction of sp³-hybridized carbons (Fsp3) is 0. The smallest absolute Gasteiger partial charge is 0.339 e. The average molecular weight is 373 g/mol. The van der Waals surface area contributed by atoms with Gasteiger partial charge in [-0.05, 0) is 40.2 Å². The zero-order valence-electron chi connectivity index (χ0n) is 10.3. The van der Waals surface area contributed by atoms with Gasteiger partial charge in [0.25, 0.3) is 10.0 Å². The monoisotopic (exact) mass is 372 g/mol. The Balaban J connectivity index is 2.43. The van der Waals surface area contributed by atoms with E-state index >= 15 is 0 Å². The first-order chi connectivity index (χ1) is 9.81. The van der Waals surface area contributed by atoms with Gasteiger partial charge in [0.1, 0.15) is 11.3 Å². The Bertz CT molecular complexity index is 807. The Morgan fingerprint density at radius 1 is 1.29 bits per heavy atom. The number of nitrogens with zero attached hydrogens (tertiary/aromatic N) is 1. The van der Waals surface area contributed by atoms with E-state index in [2.05, 4.69) is 25.6 Å². The molecule has 7 nitrogen and oxygen atoms in total. The summed E-state index contributed by atoms with van der Waals surface area (Å²) in [7, 11) is -3.99. The zero-order chi connectivity index (χ0) is 15.6. The van der Waals surface area contributed by atoms with Gasteiger partial charge in [-0.25, -0.2) is 13.2 Å². The van der Waals surface area contributed by atoms with Gasteiger partial charge < -0.3 is 10.2 Å². The maximum Gasteiger partial charge on any atom is 0.339 e. The summed E-state index contributed by atoms with van der Waals surface area (Å²) >= 11 is 3.15. The summed E-state index contributed by atoms with van der Waals surface area (Å²) in [5, 5.41) is 18.3. The van der Waals surface area contributed by atoms with Crippen molar-refractivity contribution < 1.29 is 23.4 Å². The number of benzene rings is 1. The van der Waals surface area contributed by atoms with Crippen LogP contribution in [-0.2, 0) is 10.0 Å². The molecule has 110 valence electrons. The molecule has 0 amide bonds. The third kappa shape index (κ3) is 3.31. The number of hydrogen-bond donors (Lipinski definition) is 3. The van der Waals surface area contributed by atoms with Gasteiger partial charge in [0.05, 0.1) is 15.1 Å². The summed E-state index contributed by atoms with van der Waals surface area (Å²) in [4.78, 5) is 14.5. The van der Waals surface area contributed by atoms with Crippen molar-refractivity contribution in [1.29, 1.82) is 0 Å². The molecule has 0 atom stereocenters. The molecule has 0 bridgehead atoms. The van der Waals surface area contributed by atoms with Crippen LogP contribution in [0.5, 0.6) is 5.75 Å². The quantitative estimate of drug-likeness (QED) is 0.755. The fourth-order valence-corrected chi connectivity index (χ4v) is 3.10. The number of sulfonamides is 1. The van der Waals surface area contributed by atoms with Crippen LogP contribution in [0.25, 0.3) is 0 Å². The molecule has 0 saturated carbocycles. The topological polar surface area (TPSA) is 117 Å². The van der Waals surface area contributed by atoms with Crippen LogP contribution in [0, 0.1) is 0 Å². The van der Waals surface area contributed by atoms with E-state index in [4.69, 9.17) is 5.11 Å². The van der Waals surface area contributed by atoms with E-state index in [1.807, 2.05) is 0 Å². The molecule has 0 spiro atoms. The fourth-order valence-electron chi connectivity index (χ4n) is 1.52. The van der Waals surface area contributed by atoms with Crippen molar-refractivity contribution in [1.82, 2.24) is 4.98 Å². The molecule has 0 unspecified atom stereocenters. The molecule has 0 saturated heterocycles. The molecule has 3 N–H and O–H groups in total. The standard InChI is InChI=1S/C12H9BrN2O5S/c13-9-6-14-4-3-10(9)15-21(19,20)7-1-2-11(16)8(5-7)12(17)18/h1-6,16H,(H,14,15)(H,17,18). The molecule has 0 aliphatic rings. The molecule has 0 aliphatic carbocycles. The number of halogens is 1. The maximum absolute atomic E-state index is 12.2. The molecule has 0 radical (unpaired) electrons. The summed E-state index contributed by atoms with van der Waals surface area (Å²) in [6.45, 7) is 0. The normalized spacial score (nSPS) is 11.1. The van der Waals surface area contributed by atoms with E-state index in [-0.39, 0.29) is 10.6 Å². The van der Waals surface area contributed by atoms with Crippen molar-refractivity contribution in [2.24, 2.45) is 0 Å². The van der Waals surface area contributed by atoms with Gasteiger partial charge in [0.15, 0.2) is 0 Å². The van der Waals surface area contributed by atoms with Gasteiger partial charge in [-0.3, -0.25) is 9.71 Å². The summed E-state index contributed by atoms with van der Waals surface area (Å²) in [5.74, 6) is -1.93. The summed E-state index contributed by atoms with van der Waals surface area (Å²) in [5.41, 5.74) is -0.235. The van der Waals surface area contributed by atoms with Crippen molar-refractivity contribution in [2.75, 3.05) is 4.72 Å². The van der Waals surface area contributed by atoms with Crippen molar-refractivity contribution in [3.05, 3.63) is 46.7 Å². The van der Waals surface area contributed by atoms with Crippen LogP contribution in [0.1, 0.15) is 10.4 Å². The molecule has 9 heteroatoms. The first kappa shape index (κ1) is 15.3. The number of anilines is 1. The second-order valence-electron chi connectivity index (χ2n) is 3.95. The Morgan fingerprint density at radius 2 is 2.00 bits per heavy atom. The highest BCUT2D eigenvalue weighted by Crippen LogP contribution is 2.26. The van der Waals surface area contributed by atoms with Gasteiger partial charge in [0.2, 0.25) is 0 Å². The van der Waals surface area contributed by atoms with Crippen LogP contribution in [0.2, 0.25) is 0 Å². The largest absolute Gasteiger partial charge is 0.507 e. The van der Waals surface area contributed by atoms with Crippen molar-refractivity contribution in [3.63, 3.8) is 0 Å². The van der Waals surface area contributed by atoms with Crippen molar-refractivity contribution in [2.45, 2.75) is 4.90 Å². The number of aromatic nitrogens is 1. The predicted molar refractivity (Wildman–Crippen MR) is 77.8 cm³/mol. The number of carboxylic acids is 1. The van der Waals surface area contributed by atoms with E-state index in [9.17, 15) is 18.3 Å². The average Bonchev–Trinajstić information content (AvgIpc) is 2.41. The van der Waals surface area contributed by atoms with Gasteiger partial charge >= 0.3 is 5.97 Å². The lowest BCUT2D eigenvalue weighted by atomic mass is 10.2. The molecular formula is C12H9BrN2O5S. The minimum absolute atomic E-state index is 0.259. The first-order valence-corrected chi connectivity index (χ1v) is 7.77. The highest BCUT2D eigenvalue weighted by Gasteiger charge is 2.19. The Labute approximate surface area is 128 Å². The summed E-state index contributed by atoms with van der Waals surface area (Å²) in [6.07, 6.45) is 2.82. The number of aromatic carboxylic acids is 1. The number of aromatic hydroxyl groups is 1. The summed E-state index contributed by atoms with van der Waals surface area (Å²) < 4.78 is 27.2. The van der Waals surface area contributed by atoms with Crippen molar-refractivity contribution >= 4 is 37.6 Å². The Kier molecular flexibility index (Phi) is 4.14. The summed E-state index contributed by atoms with van der Waals surface area (Å²) in [6, 6.07) is 4.45. The van der Waals surface area contributed by atoms with Crippen LogP contribution in [0.15, 0.2) is 46.0 Å². The zero-order valence-corrected chi connectivity index (χ0v) is 12.7. The lowest BCUT2D eigenvalue weighted by Gasteiger charge is -2.10. The molecule has 21 heavy (non-hydrogen) atoms. The lowest BCUT2D eigenvalue weighted by molar-refractivity contribution is 0.0693. The van der Waals surface area contributed by atoms with Crippen LogP contribution in [-0.4, -0.2) is 29.6 Å². The number of phenols is 1. The van der Waals surface area contributed by atoms with E-state index in [1.165, 1.54) is 18.5 Å². The van der Waals surface area contributed by atoms with Gasteiger partial charge in [0, 0.05) is 12.4 Å². The number of carboxylic acid groups (broad SMARTS) is 1. The third-order valence-electron chi connectivity index (χ3n) is 2.53. The molecule has 2 aromatic rings. The van der Waals surface area contributed by atoms with Crippen LogP contribution >= 0.6 is 15.9 Å². The highest BCUT2D eigenvalue weighted by atomic mass is 79.9. The Hall–Kier alpha value is -2.13. The minimum atomic E-state index is -3.99. The number of rotatable bonds is 4. The third-order valence-corrected chi connectivity index (χ3v) is 4.52. The molecule has 2 rings (SSSR count).